The van der Waals surface area contributed by atoms with Gasteiger partial charge in [0.05, 0.1) is 23.5 Å². The summed E-state index contributed by atoms with van der Waals surface area (Å²) in [5.74, 6) is 2.43. The number of halogens is 2. The van der Waals surface area contributed by atoms with Crippen LogP contribution in [0.25, 0.3) is 0 Å². The van der Waals surface area contributed by atoms with Crippen LogP contribution in [0.2, 0.25) is 5.02 Å². The van der Waals surface area contributed by atoms with Gasteiger partial charge in [-0.15, -0.1) is 24.0 Å². The number of piperazine rings is 1. The molecule has 0 atom stereocenters. The summed E-state index contributed by atoms with van der Waals surface area (Å²) in [6, 6.07) is 7.99. The van der Waals surface area contributed by atoms with Crippen LogP contribution >= 0.6 is 35.6 Å². The summed E-state index contributed by atoms with van der Waals surface area (Å²) < 4.78 is 5.85. The van der Waals surface area contributed by atoms with Crippen LogP contribution in [0.4, 0.5) is 5.69 Å². The highest BCUT2D eigenvalue weighted by molar-refractivity contribution is 14.0. The van der Waals surface area contributed by atoms with Crippen LogP contribution in [-0.2, 0) is 12.0 Å². The van der Waals surface area contributed by atoms with Crippen LogP contribution in [0.15, 0.2) is 39.9 Å². The topological polar surface area (TPSA) is 56.9 Å². The average Bonchev–Trinajstić information content (AvgIpc) is 3.13. The van der Waals surface area contributed by atoms with Gasteiger partial charge in [0.2, 0.25) is 5.89 Å². The van der Waals surface area contributed by atoms with Crippen molar-refractivity contribution in [2.24, 2.45) is 4.99 Å². The van der Waals surface area contributed by atoms with E-state index in [-0.39, 0.29) is 29.4 Å². The predicted molar refractivity (Wildman–Crippen MR) is 126 cm³/mol. The minimum Gasteiger partial charge on any atom is -0.443 e. The molecule has 3 rings (SSSR count). The van der Waals surface area contributed by atoms with E-state index in [9.17, 15) is 0 Å². The first kappa shape index (κ1) is 22.8. The molecule has 28 heavy (non-hydrogen) atoms. The third kappa shape index (κ3) is 5.53. The van der Waals surface area contributed by atoms with Gasteiger partial charge >= 0.3 is 0 Å². The van der Waals surface area contributed by atoms with Crippen molar-refractivity contribution in [1.29, 1.82) is 0 Å². The molecule has 0 amide bonds. The number of hydrogen-bond donors (Lipinski definition) is 1. The third-order valence-corrected chi connectivity index (χ3v) is 4.99. The Morgan fingerprint density at radius 3 is 2.46 bits per heavy atom. The molecule has 0 aliphatic carbocycles. The molecule has 0 radical (unpaired) electrons. The van der Waals surface area contributed by atoms with E-state index in [0.29, 0.717) is 12.4 Å². The number of benzene rings is 1. The number of aliphatic imine (C=N–C) groups is 1. The fourth-order valence-electron chi connectivity index (χ4n) is 3.09. The molecule has 0 bridgehead atoms. The van der Waals surface area contributed by atoms with E-state index in [4.69, 9.17) is 16.0 Å². The molecule has 154 valence electrons. The number of hydrogen-bond acceptors (Lipinski definition) is 4. The molecule has 8 heteroatoms. The van der Waals surface area contributed by atoms with Gasteiger partial charge in [0.15, 0.2) is 5.96 Å². The number of nitrogens with zero attached hydrogens (tertiary/aromatic N) is 4. The highest BCUT2D eigenvalue weighted by atomic mass is 127. The number of aromatic nitrogens is 1. The van der Waals surface area contributed by atoms with Crippen LogP contribution in [0.3, 0.4) is 0 Å². The van der Waals surface area contributed by atoms with Gasteiger partial charge in [-0.25, -0.2) is 4.98 Å². The van der Waals surface area contributed by atoms with E-state index in [2.05, 4.69) is 51.9 Å². The molecule has 0 spiro atoms. The zero-order valence-electron chi connectivity index (χ0n) is 16.9. The molecule has 1 aromatic heterocycles. The number of oxazole rings is 1. The normalized spacial score (nSPS) is 15.4. The van der Waals surface area contributed by atoms with Gasteiger partial charge in [0, 0.05) is 38.6 Å². The monoisotopic (exact) mass is 517 g/mol. The van der Waals surface area contributed by atoms with Crippen LogP contribution in [-0.4, -0.2) is 49.1 Å². The highest BCUT2D eigenvalue weighted by Gasteiger charge is 2.22. The summed E-state index contributed by atoms with van der Waals surface area (Å²) in [5.41, 5.74) is 1.05. The van der Waals surface area contributed by atoms with Crippen molar-refractivity contribution in [3.8, 4) is 0 Å². The van der Waals surface area contributed by atoms with Crippen molar-refractivity contribution in [2.45, 2.75) is 32.7 Å². The fourth-order valence-corrected chi connectivity index (χ4v) is 3.35. The molecular formula is C20H29ClIN5O. The molecule has 6 nitrogen and oxygen atoms in total. The maximum absolute atomic E-state index is 6.33. The first-order valence-electron chi connectivity index (χ1n) is 9.29. The molecule has 1 N–H and O–H groups in total. The fraction of sp³-hybridized carbons (Fsp3) is 0.500. The second kappa shape index (κ2) is 9.82. The van der Waals surface area contributed by atoms with Crippen LogP contribution in [0, 0.1) is 0 Å². The number of anilines is 1. The average molecular weight is 518 g/mol. The quantitative estimate of drug-likeness (QED) is 0.377. The van der Waals surface area contributed by atoms with Crippen molar-refractivity contribution < 1.29 is 4.42 Å². The van der Waals surface area contributed by atoms with E-state index in [1.165, 1.54) is 0 Å². The van der Waals surface area contributed by atoms with E-state index < -0.39 is 0 Å². The van der Waals surface area contributed by atoms with Crippen LogP contribution < -0.4 is 10.2 Å². The SMILES string of the molecule is CN=C(NCc1ncc(C(C)(C)C)o1)N1CCN(c2ccccc2Cl)CC1.I. The highest BCUT2D eigenvalue weighted by Crippen LogP contribution is 2.26. The largest absolute Gasteiger partial charge is 0.443 e. The molecule has 1 aliphatic rings. The predicted octanol–water partition coefficient (Wildman–Crippen LogP) is 4.14. The van der Waals surface area contributed by atoms with Crippen molar-refractivity contribution in [3.63, 3.8) is 0 Å². The van der Waals surface area contributed by atoms with Crippen molar-refractivity contribution in [2.75, 3.05) is 38.1 Å². The van der Waals surface area contributed by atoms with Crippen molar-refractivity contribution >= 4 is 47.2 Å². The van der Waals surface area contributed by atoms with Crippen molar-refractivity contribution in [3.05, 3.63) is 47.1 Å². The van der Waals surface area contributed by atoms with Gasteiger partial charge in [-0.3, -0.25) is 4.99 Å². The molecule has 2 aromatic rings. The standard InChI is InChI=1S/C20H28ClN5O.HI/c1-20(2,3)17-13-23-18(27-17)14-24-19(22-4)26-11-9-25(10-12-26)16-8-6-5-7-15(16)21;/h5-8,13H,9-12,14H2,1-4H3,(H,22,24);1H. The lowest BCUT2D eigenvalue weighted by Gasteiger charge is -2.37. The Kier molecular flexibility index (Phi) is 8.00. The minimum atomic E-state index is -0.0397. The number of para-hydroxylation sites is 1. The lowest BCUT2D eigenvalue weighted by atomic mass is 9.94. The zero-order chi connectivity index (χ0) is 19.4. The van der Waals surface area contributed by atoms with Gasteiger partial charge in [0.1, 0.15) is 5.76 Å². The van der Waals surface area contributed by atoms with Gasteiger partial charge in [0.25, 0.3) is 0 Å². The molecule has 1 aliphatic heterocycles. The Morgan fingerprint density at radius 1 is 1.21 bits per heavy atom. The third-order valence-electron chi connectivity index (χ3n) is 4.67. The summed E-state index contributed by atoms with van der Waals surface area (Å²) in [4.78, 5) is 13.4. The molecule has 1 saturated heterocycles. The Bertz CT molecular complexity index is 794. The van der Waals surface area contributed by atoms with Gasteiger partial charge in [-0.05, 0) is 12.1 Å². The summed E-state index contributed by atoms with van der Waals surface area (Å²) in [7, 11) is 1.80. The first-order valence-corrected chi connectivity index (χ1v) is 9.66. The lowest BCUT2D eigenvalue weighted by molar-refractivity contribution is 0.359. The molecule has 0 unspecified atom stereocenters. The second-order valence-corrected chi connectivity index (χ2v) is 8.10. The molecule has 2 heterocycles. The van der Waals surface area contributed by atoms with Gasteiger partial charge in [-0.1, -0.05) is 44.5 Å². The van der Waals surface area contributed by atoms with Crippen molar-refractivity contribution in [1.82, 2.24) is 15.2 Å². The smallest absolute Gasteiger partial charge is 0.213 e. The van der Waals surface area contributed by atoms with Crippen LogP contribution in [0.1, 0.15) is 32.4 Å². The van der Waals surface area contributed by atoms with E-state index in [1.54, 1.807) is 7.05 Å². The molecule has 1 fully saturated rings. The Balaban J connectivity index is 0.00000280. The lowest BCUT2D eigenvalue weighted by Crippen LogP contribution is -2.52. The summed E-state index contributed by atoms with van der Waals surface area (Å²) in [5, 5.41) is 4.16. The molecule has 0 saturated carbocycles. The van der Waals surface area contributed by atoms with Gasteiger partial charge in [-0.2, -0.15) is 0 Å². The summed E-state index contributed by atoms with van der Waals surface area (Å²) >= 11 is 6.33. The van der Waals surface area contributed by atoms with E-state index >= 15 is 0 Å². The Labute approximate surface area is 189 Å². The molecular weight excluding hydrogens is 489 g/mol. The minimum absolute atomic E-state index is 0. The maximum Gasteiger partial charge on any atom is 0.213 e. The van der Waals surface area contributed by atoms with E-state index in [0.717, 1.165) is 48.6 Å². The first-order chi connectivity index (χ1) is 12.9. The van der Waals surface area contributed by atoms with Crippen LogP contribution in [0.5, 0.6) is 0 Å². The maximum atomic E-state index is 6.33. The zero-order valence-corrected chi connectivity index (χ0v) is 20.0. The second-order valence-electron chi connectivity index (χ2n) is 7.69. The number of rotatable bonds is 3. The Morgan fingerprint density at radius 2 is 1.89 bits per heavy atom. The summed E-state index contributed by atoms with van der Waals surface area (Å²) in [6.45, 7) is 10.4. The summed E-state index contributed by atoms with van der Waals surface area (Å²) in [6.07, 6.45) is 1.81. The number of nitrogens with one attached hydrogen (secondary N) is 1. The van der Waals surface area contributed by atoms with E-state index in [1.807, 2.05) is 24.4 Å². The number of guanidine groups is 1. The molecule has 1 aromatic carbocycles. The van der Waals surface area contributed by atoms with Gasteiger partial charge < -0.3 is 19.5 Å². The Hall–Kier alpha value is -1.48.